The third-order valence-corrected chi connectivity index (χ3v) is 7.46. The molecule has 1 aliphatic carbocycles. The summed E-state index contributed by atoms with van der Waals surface area (Å²) >= 11 is 1.61. The van der Waals surface area contributed by atoms with Crippen LogP contribution in [0.1, 0.15) is 68.8 Å². The summed E-state index contributed by atoms with van der Waals surface area (Å²) in [6.45, 7) is 0. The van der Waals surface area contributed by atoms with Crippen molar-refractivity contribution in [3.8, 4) is 0 Å². The molecular formula is C23H32O5S. The number of fused-ring (bicyclic) bond motifs is 1. The number of carboxylic acids is 1. The second kappa shape index (κ2) is 10.5. The standard InChI is InChI=1S/C23H32O5S/c24-18(22-13-15-7-5-6-9-21(15)29-22)12-11-17-16(19(25)14-20(17)26)8-3-1-2-4-10-23(27)28/h5-7,9,13,16-20,24-26H,1-4,8,10-12,14H2,(H,27,28)/t16-,17-,18-,19+,20-/m1/s1. The molecule has 0 spiro atoms. The molecule has 0 bridgehead atoms. The number of thiophene rings is 1. The minimum absolute atomic E-state index is 0.00745. The first-order valence-electron chi connectivity index (χ1n) is 10.7. The second-order valence-electron chi connectivity index (χ2n) is 8.32. The molecule has 0 aliphatic heterocycles. The maximum Gasteiger partial charge on any atom is 0.303 e. The van der Waals surface area contributed by atoms with Crippen molar-refractivity contribution in [2.45, 2.75) is 76.1 Å². The summed E-state index contributed by atoms with van der Waals surface area (Å²) in [5, 5.41) is 41.3. The average Bonchev–Trinajstić information content (AvgIpc) is 3.23. The SMILES string of the molecule is O=C(O)CCCCCC[C@@H]1[C@@H](CC[C@@H](O)c2cc3ccccc3s2)[C@H](O)C[C@@H]1O. The van der Waals surface area contributed by atoms with Gasteiger partial charge in [-0.15, -0.1) is 11.3 Å². The van der Waals surface area contributed by atoms with E-state index in [9.17, 15) is 20.1 Å². The van der Waals surface area contributed by atoms with Gasteiger partial charge in [0.1, 0.15) is 0 Å². The molecule has 5 atom stereocenters. The van der Waals surface area contributed by atoms with Gasteiger partial charge in [0.05, 0.1) is 18.3 Å². The maximum atomic E-state index is 10.7. The van der Waals surface area contributed by atoms with Crippen LogP contribution in [0.2, 0.25) is 0 Å². The fraction of sp³-hybridized carbons (Fsp3) is 0.609. The minimum Gasteiger partial charge on any atom is -0.481 e. The van der Waals surface area contributed by atoms with Crippen LogP contribution in [-0.2, 0) is 4.79 Å². The van der Waals surface area contributed by atoms with E-state index in [1.807, 2.05) is 24.3 Å². The number of hydrogen-bond donors (Lipinski definition) is 4. The van der Waals surface area contributed by atoms with E-state index < -0.39 is 24.3 Å². The monoisotopic (exact) mass is 420 g/mol. The van der Waals surface area contributed by atoms with Gasteiger partial charge in [-0.3, -0.25) is 4.79 Å². The predicted octanol–water partition coefficient (Wildman–Crippen LogP) is 4.50. The Morgan fingerprint density at radius 2 is 1.72 bits per heavy atom. The molecule has 0 amide bonds. The van der Waals surface area contributed by atoms with Crippen LogP contribution in [0.15, 0.2) is 30.3 Å². The first-order chi connectivity index (χ1) is 14.0. The number of aliphatic hydroxyl groups is 3. The van der Waals surface area contributed by atoms with Crippen LogP contribution in [0.5, 0.6) is 0 Å². The van der Waals surface area contributed by atoms with Crippen molar-refractivity contribution in [3.05, 3.63) is 35.2 Å². The van der Waals surface area contributed by atoms with Crippen molar-refractivity contribution >= 4 is 27.4 Å². The smallest absolute Gasteiger partial charge is 0.303 e. The fourth-order valence-electron chi connectivity index (χ4n) is 4.65. The number of unbranched alkanes of at least 4 members (excludes halogenated alkanes) is 3. The number of hydrogen-bond acceptors (Lipinski definition) is 5. The number of aliphatic hydroxyl groups excluding tert-OH is 3. The van der Waals surface area contributed by atoms with Gasteiger partial charge in [0.25, 0.3) is 0 Å². The molecule has 3 rings (SSSR count). The summed E-state index contributed by atoms with van der Waals surface area (Å²) in [5.74, 6) is -0.691. The lowest BCUT2D eigenvalue weighted by molar-refractivity contribution is -0.137. The van der Waals surface area contributed by atoms with Gasteiger partial charge in [-0.1, -0.05) is 37.5 Å². The van der Waals surface area contributed by atoms with Gasteiger partial charge in [-0.25, -0.2) is 0 Å². The van der Waals surface area contributed by atoms with Crippen LogP contribution in [0.25, 0.3) is 10.1 Å². The van der Waals surface area contributed by atoms with E-state index in [-0.39, 0.29) is 18.3 Å². The van der Waals surface area contributed by atoms with Crippen molar-refractivity contribution in [2.24, 2.45) is 11.8 Å². The van der Waals surface area contributed by atoms with Crippen molar-refractivity contribution in [1.82, 2.24) is 0 Å². The van der Waals surface area contributed by atoms with Crippen molar-refractivity contribution < 1.29 is 25.2 Å². The molecule has 0 saturated heterocycles. The molecule has 160 valence electrons. The molecule has 1 heterocycles. The molecule has 4 N–H and O–H groups in total. The molecule has 1 aromatic heterocycles. The molecule has 1 saturated carbocycles. The summed E-state index contributed by atoms with van der Waals surface area (Å²) in [5.41, 5.74) is 0. The van der Waals surface area contributed by atoms with Gasteiger partial charge in [0, 0.05) is 16.0 Å². The highest BCUT2D eigenvalue weighted by Crippen LogP contribution is 2.41. The highest BCUT2D eigenvalue weighted by Gasteiger charge is 2.40. The van der Waals surface area contributed by atoms with Gasteiger partial charge in [0.2, 0.25) is 0 Å². The van der Waals surface area contributed by atoms with Crippen molar-refractivity contribution in [1.29, 1.82) is 0 Å². The number of rotatable bonds is 11. The molecule has 2 aromatic rings. The van der Waals surface area contributed by atoms with Crippen molar-refractivity contribution in [2.75, 3.05) is 0 Å². The highest BCUT2D eigenvalue weighted by atomic mass is 32.1. The van der Waals surface area contributed by atoms with Gasteiger partial charge in [-0.05, 0) is 61.5 Å². The van der Waals surface area contributed by atoms with Crippen LogP contribution in [-0.4, -0.2) is 38.6 Å². The van der Waals surface area contributed by atoms with E-state index in [0.717, 1.165) is 35.9 Å². The van der Waals surface area contributed by atoms with Crippen LogP contribution in [0, 0.1) is 11.8 Å². The quantitative estimate of drug-likeness (QED) is 0.401. The highest BCUT2D eigenvalue weighted by molar-refractivity contribution is 7.19. The maximum absolute atomic E-state index is 10.7. The Morgan fingerprint density at radius 3 is 2.45 bits per heavy atom. The second-order valence-corrected chi connectivity index (χ2v) is 9.44. The third-order valence-electron chi connectivity index (χ3n) is 6.25. The predicted molar refractivity (Wildman–Crippen MR) is 115 cm³/mol. The summed E-state index contributed by atoms with van der Waals surface area (Å²) < 4.78 is 1.17. The molecule has 6 heteroatoms. The number of carbonyl (C=O) groups is 1. The van der Waals surface area contributed by atoms with E-state index in [4.69, 9.17) is 5.11 Å². The third kappa shape index (κ3) is 6.01. The van der Waals surface area contributed by atoms with Gasteiger partial charge in [-0.2, -0.15) is 0 Å². The zero-order valence-electron chi connectivity index (χ0n) is 16.7. The summed E-state index contributed by atoms with van der Waals surface area (Å²) in [4.78, 5) is 11.5. The Labute approximate surface area is 176 Å². The molecule has 1 fully saturated rings. The van der Waals surface area contributed by atoms with Crippen LogP contribution in [0.3, 0.4) is 0 Å². The van der Waals surface area contributed by atoms with E-state index in [2.05, 4.69) is 6.07 Å². The lowest BCUT2D eigenvalue weighted by Gasteiger charge is -2.24. The molecule has 5 nitrogen and oxygen atoms in total. The average molecular weight is 421 g/mol. The van der Waals surface area contributed by atoms with Crippen molar-refractivity contribution in [3.63, 3.8) is 0 Å². The fourth-order valence-corrected chi connectivity index (χ4v) is 5.73. The molecule has 1 aromatic carbocycles. The van der Waals surface area contributed by atoms with E-state index in [0.29, 0.717) is 25.7 Å². The topological polar surface area (TPSA) is 98.0 Å². The Balaban J connectivity index is 1.48. The molecule has 29 heavy (non-hydrogen) atoms. The molecule has 0 radical (unpaired) electrons. The normalized spacial score (nSPS) is 25.5. The Morgan fingerprint density at radius 1 is 1.03 bits per heavy atom. The molecule has 1 aliphatic rings. The Kier molecular flexibility index (Phi) is 8.07. The Bertz CT molecular complexity index is 755. The first kappa shape index (κ1) is 22.2. The van der Waals surface area contributed by atoms with Crippen LogP contribution in [0.4, 0.5) is 0 Å². The van der Waals surface area contributed by atoms with Gasteiger partial charge in [0.15, 0.2) is 0 Å². The Hall–Kier alpha value is -1.47. The lowest BCUT2D eigenvalue weighted by atomic mass is 9.84. The number of benzene rings is 1. The number of aliphatic carboxylic acids is 1. The molecular weight excluding hydrogens is 388 g/mol. The summed E-state index contributed by atoms with van der Waals surface area (Å²) in [6, 6.07) is 10.1. The summed E-state index contributed by atoms with van der Waals surface area (Å²) in [7, 11) is 0. The lowest BCUT2D eigenvalue weighted by Crippen LogP contribution is -2.23. The van der Waals surface area contributed by atoms with E-state index >= 15 is 0 Å². The van der Waals surface area contributed by atoms with Gasteiger partial charge < -0.3 is 20.4 Å². The summed E-state index contributed by atoms with van der Waals surface area (Å²) in [6.07, 6.45) is 4.64. The van der Waals surface area contributed by atoms with Crippen LogP contribution >= 0.6 is 11.3 Å². The molecule has 0 unspecified atom stereocenters. The van der Waals surface area contributed by atoms with E-state index in [1.54, 1.807) is 11.3 Å². The van der Waals surface area contributed by atoms with Crippen LogP contribution < -0.4 is 0 Å². The van der Waals surface area contributed by atoms with Gasteiger partial charge >= 0.3 is 5.97 Å². The first-order valence-corrected chi connectivity index (χ1v) is 11.5. The van der Waals surface area contributed by atoms with E-state index in [1.165, 1.54) is 4.70 Å². The largest absolute Gasteiger partial charge is 0.481 e. The number of carboxylic acid groups (broad SMARTS) is 1. The zero-order valence-corrected chi connectivity index (χ0v) is 17.6. The minimum atomic E-state index is -0.753. The zero-order chi connectivity index (χ0) is 20.8.